The summed E-state index contributed by atoms with van der Waals surface area (Å²) < 4.78 is 7.41. The van der Waals surface area contributed by atoms with Gasteiger partial charge in [-0.15, -0.1) is 0 Å². The average molecular weight is 398 g/mol. The molecule has 4 nitrogen and oxygen atoms in total. The number of benzene rings is 1. The number of ether oxygens (including phenoxy) is 1. The van der Waals surface area contributed by atoms with Gasteiger partial charge in [-0.2, -0.15) is 0 Å². The molecule has 0 radical (unpaired) electrons. The number of rotatable bonds is 7. The van der Waals surface area contributed by atoms with Crippen molar-refractivity contribution in [1.29, 1.82) is 0 Å². The third-order valence-electron chi connectivity index (χ3n) is 5.38. The average Bonchev–Trinajstić information content (AvgIpc) is 3.10. The summed E-state index contributed by atoms with van der Waals surface area (Å²) >= 11 is 6.78. The van der Waals surface area contributed by atoms with E-state index in [2.05, 4.69) is 20.1 Å². The minimum Gasteiger partial charge on any atom is -0.491 e. The number of hydrogen-bond acceptors (Lipinski definition) is 3. The van der Waals surface area contributed by atoms with Gasteiger partial charge >= 0.3 is 0 Å². The molecular weight excluding hydrogens is 374 g/mol. The lowest BCUT2D eigenvalue weighted by molar-refractivity contribution is -0.107. The number of carbonyl (C=O) groups is 1. The predicted molar refractivity (Wildman–Crippen MR) is 115 cm³/mol. The monoisotopic (exact) mass is 397 g/mol. The van der Waals surface area contributed by atoms with E-state index in [9.17, 15) is 9.59 Å². The van der Waals surface area contributed by atoms with Gasteiger partial charge in [0.15, 0.2) is 0 Å². The minimum atomic E-state index is -0.220. The van der Waals surface area contributed by atoms with Gasteiger partial charge in [-0.05, 0) is 12.0 Å². The lowest BCUT2D eigenvalue weighted by Crippen LogP contribution is -2.25. The van der Waals surface area contributed by atoms with Gasteiger partial charge in [0.1, 0.15) is 12.0 Å². The standard InChI is InChI=1S/C23H24ClNO3/c1-5-8-14-13-28-22-17(14)9-10-18(21(22)24)20-15(6-2)16(7-3)23(27)25(4)19(20)11-12-26/h6-7,9-10,12,14H,2-3,5,8,11,13H2,1,4H3. The second-order valence-corrected chi connectivity index (χ2v) is 7.31. The van der Waals surface area contributed by atoms with Gasteiger partial charge in [0.2, 0.25) is 0 Å². The third-order valence-corrected chi connectivity index (χ3v) is 5.75. The van der Waals surface area contributed by atoms with Gasteiger partial charge in [0.05, 0.1) is 11.6 Å². The number of aldehydes is 1. The number of fused-ring (bicyclic) bond motifs is 1. The molecule has 0 bridgehead atoms. The molecule has 0 fully saturated rings. The van der Waals surface area contributed by atoms with Gasteiger partial charge < -0.3 is 14.1 Å². The molecule has 146 valence electrons. The molecule has 0 saturated heterocycles. The van der Waals surface area contributed by atoms with Gasteiger partial charge in [-0.3, -0.25) is 4.79 Å². The van der Waals surface area contributed by atoms with Crippen molar-refractivity contribution in [2.45, 2.75) is 32.1 Å². The van der Waals surface area contributed by atoms with Crippen molar-refractivity contribution in [1.82, 2.24) is 4.57 Å². The molecule has 1 aromatic carbocycles. The predicted octanol–water partition coefficient (Wildman–Crippen LogP) is 5.01. The van der Waals surface area contributed by atoms with Crippen LogP contribution in [0.1, 0.15) is 48.1 Å². The van der Waals surface area contributed by atoms with Crippen molar-refractivity contribution < 1.29 is 9.53 Å². The van der Waals surface area contributed by atoms with Crippen LogP contribution >= 0.6 is 11.6 Å². The highest BCUT2D eigenvalue weighted by atomic mass is 35.5. The van der Waals surface area contributed by atoms with Gasteiger partial charge in [0.25, 0.3) is 5.56 Å². The normalized spacial score (nSPS) is 15.0. The molecular formula is C23H24ClNO3. The van der Waals surface area contributed by atoms with E-state index < -0.39 is 0 Å². The van der Waals surface area contributed by atoms with Crippen LogP contribution in [0.5, 0.6) is 5.75 Å². The fourth-order valence-corrected chi connectivity index (χ4v) is 4.32. The molecule has 1 atom stereocenters. The van der Waals surface area contributed by atoms with Crippen molar-refractivity contribution in [2.24, 2.45) is 7.05 Å². The highest BCUT2D eigenvalue weighted by Gasteiger charge is 2.29. The molecule has 3 rings (SSSR count). The molecule has 0 aliphatic carbocycles. The Labute approximate surface area is 170 Å². The Morgan fingerprint density at radius 2 is 2.00 bits per heavy atom. The van der Waals surface area contributed by atoms with E-state index in [1.807, 2.05) is 12.1 Å². The zero-order valence-electron chi connectivity index (χ0n) is 16.3. The lowest BCUT2D eigenvalue weighted by atomic mass is 9.90. The molecule has 1 aliphatic heterocycles. The summed E-state index contributed by atoms with van der Waals surface area (Å²) in [7, 11) is 1.65. The molecule has 0 saturated carbocycles. The van der Waals surface area contributed by atoms with Crippen LogP contribution in [-0.4, -0.2) is 17.5 Å². The van der Waals surface area contributed by atoms with E-state index in [0.717, 1.165) is 35.8 Å². The highest BCUT2D eigenvalue weighted by Crippen LogP contribution is 2.47. The Morgan fingerprint density at radius 3 is 2.61 bits per heavy atom. The van der Waals surface area contributed by atoms with Gasteiger partial charge in [0, 0.05) is 47.3 Å². The Balaban J connectivity index is 2.34. The number of nitrogens with zero attached hydrogens (tertiary/aromatic N) is 1. The molecule has 2 aromatic rings. The van der Waals surface area contributed by atoms with Crippen LogP contribution in [0.25, 0.3) is 23.3 Å². The lowest BCUT2D eigenvalue weighted by Gasteiger charge is -2.20. The molecule has 2 heterocycles. The zero-order chi connectivity index (χ0) is 20.4. The van der Waals surface area contributed by atoms with Gasteiger partial charge in [-0.1, -0.05) is 62.4 Å². The van der Waals surface area contributed by atoms with Crippen LogP contribution in [0.15, 0.2) is 30.1 Å². The first-order valence-corrected chi connectivity index (χ1v) is 9.77. The molecule has 0 amide bonds. The van der Waals surface area contributed by atoms with E-state index in [-0.39, 0.29) is 12.0 Å². The first kappa shape index (κ1) is 20.2. The smallest absolute Gasteiger partial charge is 0.258 e. The van der Waals surface area contributed by atoms with E-state index in [4.69, 9.17) is 16.3 Å². The van der Waals surface area contributed by atoms with Crippen molar-refractivity contribution in [3.63, 3.8) is 0 Å². The highest BCUT2D eigenvalue weighted by molar-refractivity contribution is 6.35. The molecule has 0 spiro atoms. The van der Waals surface area contributed by atoms with E-state index >= 15 is 0 Å². The third kappa shape index (κ3) is 3.12. The molecule has 5 heteroatoms. The topological polar surface area (TPSA) is 48.3 Å². The Hall–Kier alpha value is -2.59. The van der Waals surface area contributed by atoms with Crippen molar-refractivity contribution >= 4 is 30.0 Å². The number of halogens is 1. The van der Waals surface area contributed by atoms with Crippen LogP contribution < -0.4 is 10.3 Å². The van der Waals surface area contributed by atoms with Crippen molar-refractivity contribution in [3.05, 3.63) is 63.1 Å². The fourth-order valence-electron chi connectivity index (χ4n) is 4.00. The second-order valence-electron chi connectivity index (χ2n) is 6.93. The molecule has 1 aliphatic rings. The Morgan fingerprint density at radius 1 is 1.29 bits per heavy atom. The first-order chi connectivity index (χ1) is 13.5. The van der Waals surface area contributed by atoms with Crippen LogP contribution in [0.2, 0.25) is 5.02 Å². The maximum Gasteiger partial charge on any atom is 0.258 e. The quantitative estimate of drug-likeness (QED) is 0.617. The van der Waals surface area contributed by atoms with Crippen LogP contribution in [-0.2, 0) is 18.3 Å². The van der Waals surface area contributed by atoms with Crippen LogP contribution in [0, 0.1) is 0 Å². The first-order valence-electron chi connectivity index (χ1n) is 9.39. The number of pyridine rings is 1. The molecule has 1 unspecified atom stereocenters. The summed E-state index contributed by atoms with van der Waals surface area (Å²) in [5, 5.41) is 0.500. The van der Waals surface area contributed by atoms with E-state index in [0.29, 0.717) is 40.1 Å². The second kappa shape index (κ2) is 8.19. The van der Waals surface area contributed by atoms with Crippen molar-refractivity contribution in [3.8, 4) is 16.9 Å². The SMILES string of the molecule is C=Cc1c(-c2ccc3c(c2Cl)OCC3CCC)c(CC=O)n(C)c(=O)c1C=C. The largest absolute Gasteiger partial charge is 0.491 e. The number of carbonyl (C=O) groups excluding carboxylic acids is 1. The molecule has 0 N–H and O–H groups in total. The summed E-state index contributed by atoms with van der Waals surface area (Å²) in [6.45, 7) is 10.4. The summed E-state index contributed by atoms with van der Waals surface area (Å²) in [5.74, 6) is 1.03. The zero-order valence-corrected chi connectivity index (χ0v) is 17.0. The summed E-state index contributed by atoms with van der Waals surface area (Å²) in [5.41, 5.74) is 3.98. The van der Waals surface area contributed by atoms with E-state index in [1.165, 1.54) is 10.6 Å². The Kier molecular flexibility index (Phi) is 5.90. The number of aromatic nitrogens is 1. The summed E-state index contributed by atoms with van der Waals surface area (Å²) in [6, 6.07) is 3.99. The number of hydrogen-bond donors (Lipinski definition) is 0. The maximum absolute atomic E-state index is 12.7. The van der Waals surface area contributed by atoms with E-state index in [1.54, 1.807) is 13.1 Å². The Bertz CT molecular complexity index is 1020. The van der Waals surface area contributed by atoms with Crippen LogP contribution in [0.4, 0.5) is 0 Å². The summed E-state index contributed by atoms with van der Waals surface area (Å²) in [6.07, 6.45) is 6.12. The maximum atomic E-state index is 12.7. The van der Waals surface area contributed by atoms with Crippen LogP contribution in [0.3, 0.4) is 0 Å². The molecule has 28 heavy (non-hydrogen) atoms. The van der Waals surface area contributed by atoms with Crippen molar-refractivity contribution in [2.75, 3.05) is 6.61 Å². The van der Waals surface area contributed by atoms with Gasteiger partial charge in [-0.25, -0.2) is 0 Å². The minimum absolute atomic E-state index is 0.0894. The molecule has 1 aromatic heterocycles. The fraction of sp³-hybridized carbons (Fsp3) is 0.304. The summed E-state index contributed by atoms with van der Waals surface area (Å²) in [4.78, 5) is 24.1.